The summed E-state index contributed by atoms with van der Waals surface area (Å²) in [6.45, 7) is 6.01. The highest BCUT2D eigenvalue weighted by atomic mass is 32.2. The summed E-state index contributed by atoms with van der Waals surface area (Å²) in [5.41, 5.74) is 0.160. The molecule has 0 aliphatic heterocycles. The molecule has 0 aliphatic rings. The van der Waals surface area contributed by atoms with Gasteiger partial charge in [0.05, 0.1) is 21.2 Å². The van der Waals surface area contributed by atoms with E-state index in [1.54, 1.807) is 44.3 Å². The van der Waals surface area contributed by atoms with Crippen LogP contribution in [0.3, 0.4) is 0 Å². The van der Waals surface area contributed by atoms with Crippen LogP contribution in [0.15, 0.2) is 58.2 Å². The second-order valence-corrected chi connectivity index (χ2v) is 9.44. The van der Waals surface area contributed by atoms with Crippen molar-refractivity contribution in [3.63, 3.8) is 0 Å². The monoisotopic (exact) mass is 459 g/mol. The van der Waals surface area contributed by atoms with Gasteiger partial charge in [0.15, 0.2) is 0 Å². The number of nitrogens with zero attached hydrogens (tertiary/aromatic N) is 3. The molecule has 0 bridgehead atoms. The first kappa shape index (κ1) is 23.1. The lowest BCUT2D eigenvalue weighted by atomic mass is 10.2. The van der Waals surface area contributed by atoms with E-state index >= 15 is 0 Å². The van der Waals surface area contributed by atoms with Crippen molar-refractivity contribution in [1.82, 2.24) is 9.36 Å². The number of hydrogen-bond acceptors (Lipinski definition) is 6. The van der Waals surface area contributed by atoms with Crippen molar-refractivity contribution in [1.29, 1.82) is 0 Å². The van der Waals surface area contributed by atoms with Crippen molar-refractivity contribution >= 4 is 27.1 Å². The Balaban J connectivity index is 2.01. The Morgan fingerprint density at radius 2 is 1.78 bits per heavy atom. The second-order valence-electron chi connectivity index (χ2n) is 7.75. The summed E-state index contributed by atoms with van der Waals surface area (Å²) in [7, 11) is -2.62. The number of rotatable bonds is 8. The number of hydrogen-bond donors (Lipinski definition) is 2. The molecule has 10 nitrogen and oxygen atoms in total. The summed E-state index contributed by atoms with van der Waals surface area (Å²) < 4.78 is 31.2. The van der Waals surface area contributed by atoms with Gasteiger partial charge in [-0.15, -0.1) is 0 Å². The van der Waals surface area contributed by atoms with Crippen LogP contribution in [0.1, 0.15) is 19.5 Å². The minimum Gasteiger partial charge on any atom is -0.379 e. The van der Waals surface area contributed by atoms with Crippen LogP contribution in [0, 0.1) is 23.0 Å². The Bertz CT molecular complexity index is 1310. The summed E-state index contributed by atoms with van der Waals surface area (Å²) in [6, 6.07) is 12.4. The van der Waals surface area contributed by atoms with Gasteiger partial charge in [0.1, 0.15) is 11.4 Å². The molecule has 170 valence electrons. The summed E-state index contributed by atoms with van der Waals surface area (Å²) >= 11 is 0. The molecule has 0 amide bonds. The van der Waals surface area contributed by atoms with Gasteiger partial charge in [0, 0.05) is 19.7 Å². The molecule has 3 rings (SSSR count). The molecule has 2 aromatic carbocycles. The smallest absolute Gasteiger partial charge is 0.296 e. The van der Waals surface area contributed by atoms with E-state index in [9.17, 15) is 23.3 Å². The van der Waals surface area contributed by atoms with Crippen LogP contribution in [0.5, 0.6) is 0 Å². The van der Waals surface area contributed by atoms with Gasteiger partial charge in [-0.1, -0.05) is 32.0 Å². The fourth-order valence-corrected chi connectivity index (χ4v) is 4.31. The van der Waals surface area contributed by atoms with Crippen LogP contribution in [0.2, 0.25) is 0 Å². The lowest BCUT2D eigenvalue weighted by molar-refractivity contribution is -0.384. The first-order valence-corrected chi connectivity index (χ1v) is 11.4. The second kappa shape index (κ2) is 8.87. The fourth-order valence-electron chi connectivity index (χ4n) is 3.17. The third kappa shape index (κ3) is 4.52. The van der Waals surface area contributed by atoms with Crippen molar-refractivity contribution in [2.75, 3.05) is 16.6 Å². The van der Waals surface area contributed by atoms with E-state index in [0.717, 1.165) is 6.07 Å². The van der Waals surface area contributed by atoms with Gasteiger partial charge in [-0.05, 0) is 37.1 Å². The Hall–Kier alpha value is -3.60. The van der Waals surface area contributed by atoms with Gasteiger partial charge in [0.2, 0.25) is 0 Å². The molecule has 0 unspecified atom stereocenters. The Morgan fingerprint density at radius 3 is 2.38 bits per heavy atom. The van der Waals surface area contributed by atoms with E-state index in [1.165, 1.54) is 21.5 Å². The summed E-state index contributed by atoms with van der Waals surface area (Å²) in [5, 5.41) is 14.5. The molecule has 0 saturated carbocycles. The zero-order valence-corrected chi connectivity index (χ0v) is 19.0. The molecule has 0 radical (unpaired) electrons. The quantitative estimate of drug-likeness (QED) is 0.393. The van der Waals surface area contributed by atoms with E-state index in [4.69, 9.17) is 0 Å². The molecule has 1 aromatic heterocycles. The minimum atomic E-state index is -4.26. The van der Waals surface area contributed by atoms with Crippen LogP contribution in [0.25, 0.3) is 5.69 Å². The largest absolute Gasteiger partial charge is 0.379 e. The predicted molar refractivity (Wildman–Crippen MR) is 123 cm³/mol. The average Bonchev–Trinajstić information content (AvgIpc) is 2.95. The maximum absolute atomic E-state index is 13.0. The fraction of sp³-hybridized carbons (Fsp3) is 0.286. The third-order valence-corrected chi connectivity index (χ3v) is 6.31. The molecule has 3 aromatic rings. The highest BCUT2D eigenvalue weighted by molar-refractivity contribution is 7.92. The topological polar surface area (TPSA) is 128 Å². The molecule has 0 atom stereocenters. The average molecular weight is 460 g/mol. The van der Waals surface area contributed by atoms with Crippen molar-refractivity contribution in [2.24, 2.45) is 13.0 Å². The normalized spacial score (nSPS) is 11.5. The number of benzene rings is 2. The molecule has 2 N–H and O–H groups in total. The maximum Gasteiger partial charge on any atom is 0.296 e. The van der Waals surface area contributed by atoms with Crippen molar-refractivity contribution in [2.45, 2.75) is 25.7 Å². The highest BCUT2D eigenvalue weighted by Crippen LogP contribution is 2.29. The Labute approximate surface area is 185 Å². The lowest BCUT2D eigenvalue weighted by Gasteiger charge is -2.11. The van der Waals surface area contributed by atoms with E-state index in [2.05, 4.69) is 10.0 Å². The summed E-state index contributed by atoms with van der Waals surface area (Å²) in [6.07, 6.45) is 0. The van der Waals surface area contributed by atoms with Gasteiger partial charge in [-0.2, -0.15) is 0 Å². The molecule has 0 spiro atoms. The number of anilines is 2. The molecular weight excluding hydrogens is 434 g/mol. The zero-order valence-electron chi connectivity index (χ0n) is 18.2. The summed E-state index contributed by atoms with van der Waals surface area (Å²) in [5.74, 6) is 0.243. The van der Waals surface area contributed by atoms with Gasteiger partial charge in [-0.3, -0.25) is 24.3 Å². The van der Waals surface area contributed by atoms with Crippen molar-refractivity contribution < 1.29 is 13.3 Å². The van der Waals surface area contributed by atoms with Gasteiger partial charge < -0.3 is 5.32 Å². The molecule has 0 fully saturated rings. The first-order valence-electron chi connectivity index (χ1n) is 9.92. The SMILES string of the molecule is Cc1c(NS(=O)(=O)c2ccc(NCC(C)C)c([N+](=O)[O-])c2)c(=O)n(-c2ccccc2)n1C. The Morgan fingerprint density at radius 1 is 1.12 bits per heavy atom. The van der Waals surface area contributed by atoms with Crippen LogP contribution < -0.4 is 15.6 Å². The van der Waals surface area contributed by atoms with E-state index in [1.807, 2.05) is 13.8 Å². The summed E-state index contributed by atoms with van der Waals surface area (Å²) in [4.78, 5) is 23.6. The zero-order chi connectivity index (χ0) is 23.6. The highest BCUT2D eigenvalue weighted by Gasteiger charge is 2.25. The third-order valence-electron chi connectivity index (χ3n) is 4.97. The van der Waals surface area contributed by atoms with Crippen LogP contribution in [-0.4, -0.2) is 29.2 Å². The number of nitro benzene ring substituents is 1. The molecule has 0 aliphatic carbocycles. The molecule has 0 saturated heterocycles. The predicted octanol–water partition coefficient (Wildman–Crippen LogP) is 3.26. The number of para-hydroxylation sites is 1. The minimum absolute atomic E-state index is 0.124. The van der Waals surface area contributed by atoms with Crippen LogP contribution in [0.4, 0.5) is 17.1 Å². The standard InChI is InChI=1S/C21H25N5O5S/c1-14(2)13-22-18-11-10-17(12-19(18)26(28)29)32(30,31)23-20-15(3)24(4)25(21(20)27)16-8-6-5-7-9-16/h5-12,14,22-23H,13H2,1-4H3. The van der Waals surface area contributed by atoms with Gasteiger partial charge >= 0.3 is 0 Å². The van der Waals surface area contributed by atoms with E-state index in [-0.39, 0.29) is 27.9 Å². The van der Waals surface area contributed by atoms with Crippen LogP contribution >= 0.6 is 0 Å². The van der Waals surface area contributed by atoms with E-state index < -0.39 is 20.5 Å². The number of sulfonamides is 1. The number of nitro groups is 1. The number of aromatic nitrogens is 2. The lowest BCUT2D eigenvalue weighted by Crippen LogP contribution is -2.23. The maximum atomic E-state index is 13.0. The molecular formula is C21H25N5O5S. The first-order chi connectivity index (χ1) is 15.0. The Kier molecular flexibility index (Phi) is 6.40. The van der Waals surface area contributed by atoms with E-state index in [0.29, 0.717) is 17.9 Å². The van der Waals surface area contributed by atoms with Crippen molar-refractivity contribution in [3.05, 3.63) is 74.7 Å². The molecule has 11 heteroatoms. The van der Waals surface area contributed by atoms with Crippen LogP contribution in [-0.2, 0) is 17.1 Å². The molecule has 1 heterocycles. The van der Waals surface area contributed by atoms with Gasteiger partial charge in [-0.25, -0.2) is 13.1 Å². The van der Waals surface area contributed by atoms with Gasteiger partial charge in [0.25, 0.3) is 21.3 Å². The number of nitrogens with one attached hydrogen (secondary N) is 2. The van der Waals surface area contributed by atoms with Crippen molar-refractivity contribution in [3.8, 4) is 5.69 Å². The molecule has 32 heavy (non-hydrogen) atoms.